The van der Waals surface area contributed by atoms with Crippen LogP contribution in [-0.4, -0.2) is 39.2 Å². The lowest BCUT2D eigenvalue weighted by Crippen LogP contribution is -2.13. The van der Waals surface area contributed by atoms with Crippen molar-refractivity contribution in [1.29, 1.82) is 0 Å². The molecule has 0 aliphatic rings. The van der Waals surface area contributed by atoms with Crippen molar-refractivity contribution in [3.05, 3.63) is 17.7 Å². The van der Waals surface area contributed by atoms with E-state index in [1.807, 2.05) is 25.9 Å². The van der Waals surface area contributed by atoms with Gasteiger partial charge in [0.2, 0.25) is 5.95 Å². The molecule has 6 heteroatoms. The molecule has 6 nitrogen and oxygen atoms in total. The third-order valence-corrected chi connectivity index (χ3v) is 2.74. The summed E-state index contributed by atoms with van der Waals surface area (Å²) in [6.45, 7) is 6.26. The van der Waals surface area contributed by atoms with Crippen molar-refractivity contribution in [3.63, 3.8) is 0 Å². The minimum atomic E-state index is 0.550. The normalized spacial score (nSPS) is 11.1. The van der Waals surface area contributed by atoms with Crippen LogP contribution in [0.3, 0.4) is 0 Å². The lowest BCUT2D eigenvalue weighted by Gasteiger charge is -2.11. The van der Waals surface area contributed by atoms with E-state index in [2.05, 4.69) is 39.0 Å². The quantitative estimate of drug-likeness (QED) is 0.908. The highest BCUT2D eigenvalue weighted by atomic mass is 15.2. The molecule has 2 aromatic heterocycles. The molecule has 0 aliphatic heterocycles. The summed E-state index contributed by atoms with van der Waals surface area (Å²) in [4.78, 5) is 15.1. The Labute approximate surface area is 113 Å². The largest absolute Gasteiger partial charge is 0.347 e. The molecular weight excluding hydrogens is 240 g/mol. The van der Waals surface area contributed by atoms with Gasteiger partial charge in [-0.3, -0.25) is 5.10 Å². The first-order chi connectivity index (χ1) is 8.97. The van der Waals surface area contributed by atoms with E-state index in [4.69, 9.17) is 0 Å². The van der Waals surface area contributed by atoms with Crippen molar-refractivity contribution in [2.75, 3.05) is 19.0 Å². The van der Waals surface area contributed by atoms with Crippen molar-refractivity contribution >= 4 is 5.95 Å². The van der Waals surface area contributed by atoms with Crippen LogP contribution in [0, 0.1) is 12.8 Å². The van der Waals surface area contributed by atoms with Crippen LogP contribution in [0.4, 0.5) is 5.95 Å². The van der Waals surface area contributed by atoms with Gasteiger partial charge in [0.1, 0.15) is 5.82 Å². The number of nitrogens with zero attached hydrogens (tertiary/aromatic N) is 5. The molecule has 0 spiro atoms. The number of hydrogen-bond acceptors (Lipinski definition) is 5. The Morgan fingerprint density at radius 3 is 2.58 bits per heavy atom. The average Bonchev–Trinajstić information content (AvgIpc) is 2.76. The van der Waals surface area contributed by atoms with E-state index in [1.165, 1.54) is 0 Å². The number of anilines is 1. The van der Waals surface area contributed by atoms with E-state index in [0.29, 0.717) is 17.7 Å². The number of H-pyrrole nitrogens is 1. The van der Waals surface area contributed by atoms with Crippen molar-refractivity contribution in [2.24, 2.45) is 5.92 Å². The van der Waals surface area contributed by atoms with Gasteiger partial charge in [-0.05, 0) is 12.8 Å². The zero-order valence-corrected chi connectivity index (χ0v) is 12.1. The molecule has 2 aromatic rings. The van der Waals surface area contributed by atoms with Crippen molar-refractivity contribution in [3.8, 4) is 11.4 Å². The Hall–Kier alpha value is -1.98. The van der Waals surface area contributed by atoms with Gasteiger partial charge in [-0.25, -0.2) is 15.0 Å². The van der Waals surface area contributed by atoms with E-state index in [-0.39, 0.29) is 0 Å². The molecule has 102 valence electrons. The number of nitrogens with one attached hydrogen (secondary N) is 1. The maximum absolute atomic E-state index is 4.50. The van der Waals surface area contributed by atoms with Crippen LogP contribution in [0.2, 0.25) is 0 Å². The van der Waals surface area contributed by atoms with Gasteiger partial charge in [0.25, 0.3) is 0 Å². The van der Waals surface area contributed by atoms with Crippen molar-refractivity contribution < 1.29 is 0 Å². The monoisotopic (exact) mass is 260 g/mol. The molecule has 0 fully saturated rings. The molecule has 0 bridgehead atoms. The zero-order chi connectivity index (χ0) is 14.0. The van der Waals surface area contributed by atoms with Gasteiger partial charge in [-0.2, -0.15) is 5.10 Å². The van der Waals surface area contributed by atoms with Gasteiger partial charge >= 0.3 is 0 Å². The van der Waals surface area contributed by atoms with E-state index in [1.54, 1.807) is 6.20 Å². The number of aromatic nitrogens is 5. The fourth-order valence-electron chi connectivity index (χ4n) is 1.78. The third-order valence-electron chi connectivity index (χ3n) is 2.74. The lowest BCUT2D eigenvalue weighted by molar-refractivity contribution is 0.622. The molecule has 2 heterocycles. The molecule has 19 heavy (non-hydrogen) atoms. The highest BCUT2D eigenvalue weighted by molar-refractivity contribution is 5.57. The van der Waals surface area contributed by atoms with Gasteiger partial charge in [0, 0.05) is 26.7 Å². The van der Waals surface area contributed by atoms with E-state index >= 15 is 0 Å². The highest BCUT2D eigenvalue weighted by Crippen LogP contribution is 2.19. The molecule has 0 aromatic carbocycles. The molecular formula is C13H20N6. The first-order valence-corrected chi connectivity index (χ1v) is 6.40. The molecule has 0 amide bonds. The molecule has 0 saturated heterocycles. The molecule has 0 radical (unpaired) electrons. The second-order valence-electron chi connectivity index (χ2n) is 5.27. The van der Waals surface area contributed by atoms with Crippen LogP contribution in [0.5, 0.6) is 0 Å². The van der Waals surface area contributed by atoms with Gasteiger partial charge in [0.15, 0.2) is 5.82 Å². The number of aryl methyl sites for hydroxylation is 1. The Bertz CT molecular complexity index is 558. The average molecular weight is 260 g/mol. The Balaban J connectivity index is 2.29. The Morgan fingerprint density at radius 2 is 2.00 bits per heavy atom. The molecule has 0 unspecified atom stereocenters. The second kappa shape index (κ2) is 5.34. The topological polar surface area (TPSA) is 70.6 Å². The number of hydrogen-bond donors (Lipinski definition) is 1. The second-order valence-corrected chi connectivity index (χ2v) is 5.27. The van der Waals surface area contributed by atoms with Crippen LogP contribution in [0.1, 0.15) is 25.4 Å². The standard InChI is InChI=1S/C13H20N6/c1-8(2)6-11-16-12(18-17-11)10-7-14-13(19(4)5)15-9(10)3/h7-8H,6H2,1-5H3,(H,16,17,18). The minimum absolute atomic E-state index is 0.550. The lowest BCUT2D eigenvalue weighted by atomic mass is 10.1. The van der Waals surface area contributed by atoms with Crippen molar-refractivity contribution in [1.82, 2.24) is 25.1 Å². The van der Waals surface area contributed by atoms with Crippen LogP contribution in [0.25, 0.3) is 11.4 Å². The Morgan fingerprint density at radius 1 is 1.26 bits per heavy atom. The van der Waals surface area contributed by atoms with E-state index in [0.717, 1.165) is 23.5 Å². The molecule has 2 rings (SSSR count). The summed E-state index contributed by atoms with van der Waals surface area (Å²) >= 11 is 0. The highest BCUT2D eigenvalue weighted by Gasteiger charge is 2.12. The van der Waals surface area contributed by atoms with Gasteiger partial charge in [0.05, 0.1) is 11.3 Å². The van der Waals surface area contributed by atoms with Crippen LogP contribution in [0.15, 0.2) is 6.20 Å². The smallest absolute Gasteiger partial charge is 0.225 e. The predicted octanol–water partition coefficient (Wildman–Crippen LogP) is 1.83. The van der Waals surface area contributed by atoms with Crippen LogP contribution in [-0.2, 0) is 6.42 Å². The summed E-state index contributed by atoms with van der Waals surface area (Å²) in [6.07, 6.45) is 2.67. The summed E-state index contributed by atoms with van der Waals surface area (Å²) in [6, 6.07) is 0. The SMILES string of the molecule is Cc1nc(N(C)C)ncc1-c1n[nH]c(CC(C)C)n1. The third kappa shape index (κ3) is 3.07. The summed E-state index contributed by atoms with van der Waals surface area (Å²) in [5.41, 5.74) is 1.76. The minimum Gasteiger partial charge on any atom is -0.347 e. The maximum Gasteiger partial charge on any atom is 0.225 e. The maximum atomic E-state index is 4.50. The molecule has 0 saturated carbocycles. The summed E-state index contributed by atoms with van der Waals surface area (Å²) < 4.78 is 0. The fraction of sp³-hybridized carbons (Fsp3) is 0.538. The van der Waals surface area contributed by atoms with E-state index in [9.17, 15) is 0 Å². The van der Waals surface area contributed by atoms with Crippen molar-refractivity contribution in [2.45, 2.75) is 27.2 Å². The zero-order valence-electron chi connectivity index (χ0n) is 12.1. The summed E-state index contributed by atoms with van der Waals surface area (Å²) in [7, 11) is 3.84. The first-order valence-electron chi connectivity index (χ1n) is 6.40. The number of aromatic amines is 1. The predicted molar refractivity (Wildman–Crippen MR) is 75.0 cm³/mol. The van der Waals surface area contributed by atoms with Crippen LogP contribution >= 0.6 is 0 Å². The Kier molecular flexibility index (Phi) is 3.78. The number of rotatable bonds is 4. The van der Waals surface area contributed by atoms with Crippen LogP contribution < -0.4 is 4.90 Å². The fourth-order valence-corrected chi connectivity index (χ4v) is 1.78. The molecule has 0 atom stereocenters. The van der Waals surface area contributed by atoms with Gasteiger partial charge in [-0.1, -0.05) is 13.8 Å². The van der Waals surface area contributed by atoms with E-state index < -0.39 is 0 Å². The van der Waals surface area contributed by atoms with Gasteiger partial charge in [-0.15, -0.1) is 0 Å². The summed E-state index contributed by atoms with van der Waals surface area (Å²) in [5.74, 6) is 2.81. The molecule has 1 N–H and O–H groups in total. The first kappa shape index (κ1) is 13.5. The molecule has 0 aliphatic carbocycles. The summed E-state index contributed by atoms with van der Waals surface area (Å²) in [5, 5.41) is 7.22. The van der Waals surface area contributed by atoms with Gasteiger partial charge < -0.3 is 4.90 Å².